The summed E-state index contributed by atoms with van der Waals surface area (Å²) in [6.45, 7) is 0.826. The van der Waals surface area contributed by atoms with Crippen LogP contribution in [0.25, 0.3) is 10.8 Å². The molecule has 1 fully saturated rings. The minimum absolute atomic E-state index is 0.372. The molecule has 0 saturated heterocycles. The first-order valence-electron chi connectivity index (χ1n) is 6.50. The van der Waals surface area contributed by atoms with Crippen molar-refractivity contribution in [3.8, 4) is 5.75 Å². The molecule has 2 aromatic carbocycles. The molecule has 2 heteroatoms. The molecule has 18 heavy (non-hydrogen) atoms. The van der Waals surface area contributed by atoms with Crippen LogP contribution in [-0.4, -0.2) is 11.9 Å². The Balaban J connectivity index is 1.82. The van der Waals surface area contributed by atoms with E-state index in [2.05, 4.69) is 58.4 Å². The zero-order valence-corrected chi connectivity index (χ0v) is 11.9. The highest BCUT2D eigenvalue weighted by Gasteiger charge is 2.36. The SMILES string of the molecule is BrCC1(COc2cccc3ccccc23)CCC1. The molecule has 1 aliphatic rings. The van der Waals surface area contributed by atoms with Crippen LogP contribution in [0.4, 0.5) is 0 Å². The molecule has 0 spiro atoms. The molecule has 0 heterocycles. The first-order chi connectivity index (χ1) is 8.83. The zero-order valence-electron chi connectivity index (χ0n) is 10.4. The van der Waals surface area contributed by atoms with Crippen LogP contribution in [0.3, 0.4) is 0 Å². The van der Waals surface area contributed by atoms with E-state index in [4.69, 9.17) is 4.74 Å². The van der Waals surface area contributed by atoms with Crippen molar-refractivity contribution in [3.63, 3.8) is 0 Å². The van der Waals surface area contributed by atoms with E-state index in [9.17, 15) is 0 Å². The van der Waals surface area contributed by atoms with Crippen LogP contribution < -0.4 is 4.74 Å². The van der Waals surface area contributed by atoms with Crippen LogP contribution in [0.2, 0.25) is 0 Å². The predicted molar refractivity (Wildman–Crippen MR) is 79.5 cm³/mol. The molecule has 1 nitrogen and oxygen atoms in total. The molecular weight excluding hydrogens is 288 g/mol. The first-order valence-corrected chi connectivity index (χ1v) is 7.62. The molecule has 0 aliphatic heterocycles. The maximum Gasteiger partial charge on any atom is 0.127 e. The third kappa shape index (κ3) is 2.14. The number of halogens is 1. The van der Waals surface area contributed by atoms with Gasteiger partial charge in [-0.25, -0.2) is 0 Å². The molecule has 0 unspecified atom stereocenters. The highest BCUT2D eigenvalue weighted by molar-refractivity contribution is 9.09. The van der Waals surface area contributed by atoms with Gasteiger partial charge >= 0.3 is 0 Å². The van der Waals surface area contributed by atoms with Crippen molar-refractivity contribution in [3.05, 3.63) is 42.5 Å². The molecule has 0 amide bonds. The summed E-state index contributed by atoms with van der Waals surface area (Å²) in [4.78, 5) is 0. The topological polar surface area (TPSA) is 9.23 Å². The lowest BCUT2D eigenvalue weighted by molar-refractivity contribution is 0.0847. The summed E-state index contributed by atoms with van der Waals surface area (Å²) in [7, 11) is 0. The van der Waals surface area contributed by atoms with Gasteiger partial charge in [0.1, 0.15) is 5.75 Å². The van der Waals surface area contributed by atoms with Gasteiger partial charge in [0.25, 0.3) is 0 Å². The summed E-state index contributed by atoms with van der Waals surface area (Å²) in [6, 6.07) is 14.7. The van der Waals surface area contributed by atoms with Gasteiger partial charge in [-0.3, -0.25) is 0 Å². The van der Waals surface area contributed by atoms with Crippen LogP contribution in [0.1, 0.15) is 19.3 Å². The van der Waals surface area contributed by atoms with E-state index in [0.717, 1.165) is 17.7 Å². The Morgan fingerprint density at radius 3 is 2.56 bits per heavy atom. The fourth-order valence-corrected chi connectivity index (χ4v) is 3.27. The standard InChI is InChI=1S/C16H17BrO/c17-11-16(9-4-10-16)12-18-15-8-3-6-13-5-1-2-7-14(13)15/h1-3,5-8H,4,9-12H2. The molecule has 2 aromatic rings. The van der Waals surface area contributed by atoms with Crippen LogP contribution in [0.15, 0.2) is 42.5 Å². The number of hydrogen-bond acceptors (Lipinski definition) is 1. The van der Waals surface area contributed by atoms with Gasteiger partial charge in [0.2, 0.25) is 0 Å². The molecule has 0 aromatic heterocycles. The molecule has 1 saturated carbocycles. The molecule has 3 rings (SSSR count). The van der Waals surface area contributed by atoms with Crippen molar-refractivity contribution in [2.24, 2.45) is 5.41 Å². The van der Waals surface area contributed by atoms with E-state index < -0.39 is 0 Å². The molecule has 94 valence electrons. The van der Waals surface area contributed by atoms with E-state index >= 15 is 0 Å². The van der Waals surface area contributed by atoms with Gasteiger partial charge in [-0.15, -0.1) is 0 Å². The Hall–Kier alpha value is -1.02. The van der Waals surface area contributed by atoms with Gasteiger partial charge in [-0.1, -0.05) is 58.7 Å². The summed E-state index contributed by atoms with van der Waals surface area (Å²) in [5.74, 6) is 1.01. The maximum atomic E-state index is 6.09. The van der Waals surface area contributed by atoms with Crippen molar-refractivity contribution in [1.82, 2.24) is 0 Å². The van der Waals surface area contributed by atoms with Gasteiger partial charge in [0, 0.05) is 16.1 Å². The number of alkyl halides is 1. The van der Waals surface area contributed by atoms with Crippen molar-refractivity contribution < 1.29 is 4.74 Å². The second kappa shape index (κ2) is 4.93. The minimum Gasteiger partial charge on any atom is -0.492 e. The second-order valence-corrected chi connectivity index (χ2v) is 5.81. The fourth-order valence-electron chi connectivity index (χ4n) is 2.55. The smallest absolute Gasteiger partial charge is 0.127 e. The van der Waals surface area contributed by atoms with Crippen LogP contribution in [0, 0.1) is 5.41 Å². The quantitative estimate of drug-likeness (QED) is 0.738. The monoisotopic (exact) mass is 304 g/mol. The van der Waals surface area contributed by atoms with Gasteiger partial charge in [-0.05, 0) is 24.3 Å². The minimum atomic E-state index is 0.372. The summed E-state index contributed by atoms with van der Waals surface area (Å²) in [6.07, 6.45) is 3.90. The van der Waals surface area contributed by atoms with E-state index in [-0.39, 0.29) is 0 Å². The van der Waals surface area contributed by atoms with Gasteiger partial charge in [0.05, 0.1) is 6.61 Å². The van der Waals surface area contributed by atoms with Crippen molar-refractivity contribution in [2.45, 2.75) is 19.3 Å². The predicted octanol–water partition coefficient (Wildman–Crippen LogP) is 4.78. The van der Waals surface area contributed by atoms with Crippen molar-refractivity contribution >= 4 is 26.7 Å². The van der Waals surface area contributed by atoms with Gasteiger partial charge < -0.3 is 4.74 Å². The Morgan fingerprint density at radius 1 is 1.06 bits per heavy atom. The summed E-state index contributed by atoms with van der Waals surface area (Å²) in [5, 5.41) is 3.51. The lowest BCUT2D eigenvalue weighted by Crippen LogP contribution is -2.37. The molecular formula is C16H17BrO. The van der Waals surface area contributed by atoms with E-state index in [1.807, 2.05) is 0 Å². The van der Waals surface area contributed by atoms with Crippen molar-refractivity contribution in [1.29, 1.82) is 0 Å². The van der Waals surface area contributed by atoms with E-state index in [1.54, 1.807) is 0 Å². The van der Waals surface area contributed by atoms with Crippen LogP contribution >= 0.6 is 15.9 Å². The Bertz CT molecular complexity index is 535. The lowest BCUT2D eigenvalue weighted by atomic mass is 9.71. The first kappa shape index (κ1) is 12.0. The zero-order chi connectivity index (χ0) is 12.4. The molecule has 0 N–H and O–H groups in total. The summed E-state index contributed by atoms with van der Waals surface area (Å²) in [5.41, 5.74) is 0.372. The molecule has 0 atom stereocenters. The fraction of sp³-hybridized carbons (Fsp3) is 0.375. The van der Waals surface area contributed by atoms with E-state index in [1.165, 1.54) is 30.0 Å². The normalized spacial score (nSPS) is 17.4. The second-order valence-electron chi connectivity index (χ2n) is 5.25. The van der Waals surface area contributed by atoms with Crippen LogP contribution in [-0.2, 0) is 0 Å². The van der Waals surface area contributed by atoms with Crippen molar-refractivity contribution in [2.75, 3.05) is 11.9 Å². The third-order valence-corrected chi connectivity index (χ3v) is 5.17. The molecule has 0 radical (unpaired) electrons. The maximum absolute atomic E-state index is 6.09. The highest BCUT2D eigenvalue weighted by atomic mass is 79.9. The van der Waals surface area contributed by atoms with Gasteiger partial charge in [-0.2, -0.15) is 0 Å². The highest BCUT2D eigenvalue weighted by Crippen LogP contribution is 2.43. The van der Waals surface area contributed by atoms with Gasteiger partial charge in [0.15, 0.2) is 0 Å². The Kier molecular flexibility index (Phi) is 3.29. The number of hydrogen-bond donors (Lipinski definition) is 0. The third-order valence-electron chi connectivity index (χ3n) is 3.98. The van der Waals surface area contributed by atoms with Crippen LogP contribution in [0.5, 0.6) is 5.75 Å². The van der Waals surface area contributed by atoms with E-state index in [0.29, 0.717) is 5.41 Å². The summed E-state index contributed by atoms with van der Waals surface area (Å²) >= 11 is 3.63. The number of rotatable bonds is 4. The largest absolute Gasteiger partial charge is 0.492 e. The average Bonchev–Trinajstić information content (AvgIpc) is 2.38. The number of ether oxygens (including phenoxy) is 1. The summed E-state index contributed by atoms with van der Waals surface area (Å²) < 4.78 is 6.09. The number of benzene rings is 2. The Labute approximate surface area is 116 Å². The molecule has 1 aliphatic carbocycles. The lowest BCUT2D eigenvalue weighted by Gasteiger charge is -2.40. The average molecular weight is 305 g/mol. The Morgan fingerprint density at radius 2 is 1.83 bits per heavy atom. The molecule has 0 bridgehead atoms. The number of fused-ring (bicyclic) bond motifs is 1.